The van der Waals surface area contributed by atoms with Gasteiger partial charge in [-0.2, -0.15) is 10.5 Å². The van der Waals surface area contributed by atoms with Crippen molar-refractivity contribution < 1.29 is 0 Å². The highest BCUT2D eigenvalue weighted by molar-refractivity contribution is 5.40. The van der Waals surface area contributed by atoms with Crippen molar-refractivity contribution in [3.05, 3.63) is 119 Å². The van der Waals surface area contributed by atoms with E-state index in [4.69, 9.17) is 10.5 Å². The van der Waals surface area contributed by atoms with E-state index in [9.17, 15) is 0 Å². The molecule has 32 heavy (non-hydrogen) atoms. The monoisotopic (exact) mass is 418 g/mol. The van der Waals surface area contributed by atoms with E-state index < -0.39 is 0 Å². The highest BCUT2D eigenvalue weighted by Gasteiger charge is 2.17. The quantitative estimate of drug-likeness (QED) is 0.479. The lowest BCUT2D eigenvalue weighted by Crippen LogP contribution is -2.26. The summed E-state index contributed by atoms with van der Waals surface area (Å²) in [5, 5.41) is 18.2. The Morgan fingerprint density at radius 2 is 1.28 bits per heavy atom. The SMILES string of the molecule is N#Cc1ccc(C(CCCN2C=CN(Cc3ccccc3)C2)c2ccc(C#N)cc2)cc1. The minimum absolute atomic E-state index is 0.238. The van der Waals surface area contributed by atoms with Gasteiger partial charge in [-0.1, -0.05) is 54.6 Å². The van der Waals surface area contributed by atoms with Gasteiger partial charge in [0.2, 0.25) is 0 Å². The van der Waals surface area contributed by atoms with Crippen LogP contribution in [0.5, 0.6) is 0 Å². The highest BCUT2D eigenvalue weighted by atomic mass is 15.3. The molecule has 0 saturated heterocycles. The van der Waals surface area contributed by atoms with E-state index in [1.807, 2.05) is 30.3 Å². The van der Waals surface area contributed by atoms with E-state index in [1.165, 1.54) is 16.7 Å². The number of nitriles is 2. The zero-order valence-electron chi connectivity index (χ0n) is 18.1. The van der Waals surface area contributed by atoms with Gasteiger partial charge in [-0.3, -0.25) is 0 Å². The van der Waals surface area contributed by atoms with Gasteiger partial charge in [0.05, 0.1) is 29.9 Å². The van der Waals surface area contributed by atoms with Crippen LogP contribution in [0.25, 0.3) is 0 Å². The molecule has 1 heterocycles. The van der Waals surface area contributed by atoms with Gasteiger partial charge in [-0.05, 0) is 53.8 Å². The maximum absolute atomic E-state index is 9.12. The molecule has 4 nitrogen and oxygen atoms in total. The Morgan fingerprint density at radius 1 is 0.719 bits per heavy atom. The van der Waals surface area contributed by atoms with Gasteiger partial charge in [0, 0.05) is 31.4 Å². The molecule has 0 unspecified atom stereocenters. The molecule has 0 amide bonds. The molecular formula is C28H26N4. The van der Waals surface area contributed by atoms with Crippen LogP contribution in [0.1, 0.15) is 46.6 Å². The number of benzene rings is 3. The van der Waals surface area contributed by atoms with Crippen molar-refractivity contribution in [3.8, 4) is 12.1 Å². The number of nitrogens with zero attached hydrogens (tertiary/aromatic N) is 4. The fourth-order valence-electron chi connectivity index (χ4n) is 4.19. The summed E-state index contributed by atoms with van der Waals surface area (Å²) in [6.07, 6.45) is 6.40. The van der Waals surface area contributed by atoms with Crippen molar-refractivity contribution in [3.63, 3.8) is 0 Å². The molecule has 1 aliphatic heterocycles. The van der Waals surface area contributed by atoms with E-state index in [0.717, 1.165) is 32.6 Å². The van der Waals surface area contributed by atoms with Crippen LogP contribution in [0.2, 0.25) is 0 Å². The Hall–Kier alpha value is -4.02. The topological polar surface area (TPSA) is 54.1 Å². The lowest BCUT2D eigenvalue weighted by molar-refractivity contribution is 0.256. The molecule has 0 spiro atoms. The Bertz CT molecular complexity index is 1060. The second-order valence-electron chi connectivity index (χ2n) is 8.15. The summed E-state index contributed by atoms with van der Waals surface area (Å²) < 4.78 is 0. The normalized spacial score (nSPS) is 12.7. The molecule has 1 aliphatic rings. The molecule has 0 bridgehead atoms. The van der Waals surface area contributed by atoms with Crippen LogP contribution >= 0.6 is 0 Å². The molecule has 4 heteroatoms. The highest BCUT2D eigenvalue weighted by Crippen LogP contribution is 2.30. The van der Waals surface area contributed by atoms with Gasteiger partial charge in [0.1, 0.15) is 0 Å². The summed E-state index contributed by atoms with van der Waals surface area (Å²) in [6.45, 7) is 2.82. The van der Waals surface area contributed by atoms with E-state index in [1.54, 1.807) is 0 Å². The van der Waals surface area contributed by atoms with Gasteiger partial charge in [-0.15, -0.1) is 0 Å². The number of hydrogen-bond donors (Lipinski definition) is 0. The first-order valence-corrected chi connectivity index (χ1v) is 11.0. The number of rotatable bonds is 8. The maximum atomic E-state index is 9.12. The largest absolute Gasteiger partial charge is 0.359 e. The zero-order valence-corrected chi connectivity index (χ0v) is 18.1. The molecule has 0 aliphatic carbocycles. The first-order chi connectivity index (χ1) is 15.7. The molecule has 3 aromatic carbocycles. The van der Waals surface area contributed by atoms with Crippen LogP contribution < -0.4 is 0 Å². The van der Waals surface area contributed by atoms with E-state index in [0.29, 0.717) is 11.1 Å². The van der Waals surface area contributed by atoms with Crippen LogP contribution in [0.4, 0.5) is 0 Å². The summed E-state index contributed by atoms with van der Waals surface area (Å²) in [7, 11) is 0. The van der Waals surface area contributed by atoms with Crippen molar-refractivity contribution in [2.24, 2.45) is 0 Å². The molecule has 0 atom stereocenters. The maximum Gasteiger partial charge on any atom is 0.0991 e. The molecule has 0 N–H and O–H groups in total. The summed E-state index contributed by atoms with van der Waals surface area (Å²) in [4.78, 5) is 4.69. The third kappa shape index (κ3) is 5.36. The summed E-state index contributed by atoms with van der Waals surface area (Å²) in [5.74, 6) is 0.238. The van der Waals surface area contributed by atoms with E-state index >= 15 is 0 Å². The molecule has 158 valence electrons. The average Bonchev–Trinajstić information content (AvgIpc) is 3.30. The predicted molar refractivity (Wildman–Crippen MR) is 126 cm³/mol. The molecule has 0 aromatic heterocycles. The average molecular weight is 419 g/mol. The molecule has 0 radical (unpaired) electrons. The smallest absolute Gasteiger partial charge is 0.0991 e. The summed E-state index contributed by atoms with van der Waals surface area (Å²) in [5.41, 5.74) is 5.08. The lowest BCUT2D eigenvalue weighted by Gasteiger charge is -2.23. The van der Waals surface area contributed by atoms with E-state index in [2.05, 4.69) is 82.9 Å². The Morgan fingerprint density at radius 3 is 1.84 bits per heavy atom. The fraction of sp³-hybridized carbons (Fsp3) is 0.214. The standard InChI is InChI=1S/C28H26N4/c29-19-23-8-12-26(13-9-23)28(27-14-10-24(20-30)11-15-27)7-4-16-31-17-18-32(22-31)21-25-5-2-1-3-6-25/h1-3,5-6,8-15,17-18,28H,4,7,16,21-22H2. The Balaban J connectivity index is 1.37. The van der Waals surface area contributed by atoms with Crippen molar-refractivity contribution in [2.75, 3.05) is 13.2 Å². The fourth-order valence-corrected chi connectivity index (χ4v) is 4.19. The predicted octanol–water partition coefficient (Wildman–Crippen LogP) is 5.59. The van der Waals surface area contributed by atoms with Crippen LogP contribution in [-0.4, -0.2) is 23.0 Å². The lowest BCUT2D eigenvalue weighted by atomic mass is 9.86. The zero-order chi connectivity index (χ0) is 22.2. The van der Waals surface area contributed by atoms with Crippen LogP contribution in [-0.2, 0) is 6.54 Å². The second kappa shape index (κ2) is 10.3. The van der Waals surface area contributed by atoms with Crippen molar-refractivity contribution in [1.82, 2.24) is 9.80 Å². The van der Waals surface area contributed by atoms with Gasteiger partial charge in [0.15, 0.2) is 0 Å². The summed E-state index contributed by atoms with van der Waals surface area (Å²) >= 11 is 0. The molecule has 0 fully saturated rings. The second-order valence-corrected chi connectivity index (χ2v) is 8.15. The minimum Gasteiger partial charge on any atom is -0.359 e. The molecule has 4 rings (SSSR count). The first kappa shape index (κ1) is 21.2. The van der Waals surface area contributed by atoms with Gasteiger partial charge in [0.25, 0.3) is 0 Å². The Labute approximate surface area is 190 Å². The van der Waals surface area contributed by atoms with Crippen molar-refractivity contribution in [2.45, 2.75) is 25.3 Å². The van der Waals surface area contributed by atoms with Crippen molar-refractivity contribution in [1.29, 1.82) is 10.5 Å². The Kier molecular flexibility index (Phi) is 6.85. The molecule has 3 aromatic rings. The molecule has 0 saturated carbocycles. The van der Waals surface area contributed by atoms with Crippen LogP contribution in [0, 0.1) is 22.7 Å². The van der Waals surface area contributed by atoms with E-state index in [-0.39, 0.29) is 5.92 Å². The molecular weight excluding hydrogens is 392 g/mol. The first-order valence-electron chi connectivity index (χ1n) is 11.0. The van der Waals surface area contributed by atoms with Crippen molar-refractivity contribution >= 4 is 0 Å². The third-order valence-corrected chi connectivity index (χ3v) is 5.90. The number of hydrogen-bond acceptors (Lipinski definition) is 4. The summed E-state index contributed by atoms with van der Waals surface area (Å²) in [6, 6.07) is 30.7. The van der Waals surface area contributed by atoms with Crippen LogP contribution in [0.3, 0.4) is 0 Å². The van der Waals surface area contributed by atoms with Gasteiger partial charge < -0.3 is 9.80 Å². The third-order valence-electron chi connectivity index (χ3n) is 5.90. The van der Waals surface area contributed by atoms with Gasteiger partial charge >= 0.3 is 0 Å². The van der Waals surface area contributed by atoms with Crippen LogP contribution in [0.15, 0.2) is 91.3 Å². The minimum atomic E-state index is 0.238. The van der Waals surface area contributed by atoms with Gasteiger partial charge in [-0.25, -0.2) is 0 Å².